The molecule has 0 bridgehead atoms. The minimum Gasteiger partial charge on any atom is -0.493 e. The first-order valence-electron chi connectivity index (χ1n) is 7.93. The molecule has 0 aromatic heterocycles. The van der Waals surface area contributed by atoms with E-state index < -0.39 is 0 Å². The van der Waals surface area contributed by atoms with Crippen molar-refractivity contribution in [2.75, 3.05) is 33.9 Å². The third-order valence-corrected chi connectivity index (χ3v) is 4.38. The summed E-state index contributed by atoms with van der Waals surface area (Å²) in [5.41, 5.74) is 7.04. The highest BCUT2D eigenvalue weighted by Gasteiger charge is 2.21. The van der Waals surface area contributed by atoms with E-state index in [1.165, 1.54) is 31.4 Å². The molecule has 1 aromatic carbocycles. The lowest BCUT2D eigenvalue weighted by Gasteiger charge is -2.35. The molecule has 0 spiro atoms. The first kappa shape index (κ1) is 16.1. The lowest BCUT2D eigenvalue weighted by molar-refractivity contribution is 0.144. The van der Waals surface area contributed by atoms with Gasteiger partial charge in [-0.05, 0) is 56.5 Å². The Labute approximate surface area is 128 Å². The van der Waals surface area contributed by atoms with Gasteiger partial charge in [0.1, 0.15) is 0 Å². The quantitative estimate of drug-likeness (QED) is 0.838. The van der Waals surface area contributed by atoms with Crippen molar-refractivity contribution in [3.05, 3.63) is 23.8 Å². The molecule has 0 amide bonds. The third-order valence-electron chi connectivity index (χ3n) is 4.38. The van der Waals surface area contributed by atoms with Crippen molar-refractivity contribution >= 4 is 0 Å². The zero-order chi connectivity index (χ0) is 15.1. The SMILES string of the molecule is COc1ccc(CCN2CCCCC2CCN)cc1OC. The molecule has 1 aliphatic rings. The Morgan fingerprint density at radius 1 is 1.19 bits per heavy atom. The maximum absolute atomic E-state index is 5.74. The highest BCUT2D eigenvalue weighted by atomic mass is 16.5. The molecule has 2 rings (SSSR count). The van der Waals surface area contributed by atoms with Gasteiger partial charge in [0, 0.05) is 12.6 Å². The lowest BCUT2D eigenvalue weighted by Crippen LogP contribution is -2.41. The second-order valence-corrected chi connectivity index (χ2v) is 5.70. The molecule has 21 heavy (non-hydrogen) atoms. The average molecular weight is 292 g/mol. The molecule has 4 nitrogen and oxygen atoms in total. The second kappa shape index (κ2) is 8.25. The lowest BCUT2D eigenvalue weighted by atomic mass is 9.98. The van der Waals surface area contributed by atoms with Crippen molar-refractivity contribution in [3.8, 4) is 11.5 Å². The van der Waals surface area contributed by atoms with Gasteiger partial charge in [-0.15, -0.1) is 0 Å². The number of rotatable bonds is 7. The number of ether oxygens (including phenoxy) is 2. The molecule has 1 fully saturated rings. The average Bonchev–Trinajstić information content (AvgIpc) is 2.54. The van der Waals surface area contributed by atoms with Crippen molar-refractivity contribution < 1.29 is 9.47 Å². The zero-order valence-electron chi connectivity index (χ0n) is 13.3. The summed E-state index contributed by atoms with van der Waals surface area (Å²) in [4.78, 5) is 2.60. The number of methoxy groups -OCH3 is 2. The normalized spacial score (nSPS) is 19.5. The van der Waals surface area contributed by atoms with Crippen LogP contribution in [0.4, 0.5) is 0 Å². The summed E-state index contributed by atoms with van der Waals surface area (Å²) in [5.74, 6) is 1.60. The molecule has 0 saturated carbocycles. The molecular weight excluding hydrogens is 264 g/mol. The van der Waals surface area contributed by atoms with Gasteiger partial charge in [0.25, 0.3) is 0 Å². The smallest absolute Gasteiger partial charge is 0.160 e. The number of piperidine rings is 1. The zero-order valence-corrected chi connectivity index (χ0v) is 13.3. The van der Waals surface area contributed by atoms with E-state index >= 15 is 0 Å². The number of nitrogens with zero attached hydrogens (tertiary/aromatic N) is 1. The molecule has 1 unspecified atom stereocenters. The highest BCUT2D eigenvalue weighted by Crippen LogP contribution is 2.28. The van der Waals surface area contributed by atoms with Gasteiger partial charge < -0.3 is 20.1 Å². The third kappa shape index (κ3) is 4.35. The van der Waals surface area contributed by atoms with Crippen LogP contribution in [0.15, 0.2) is 18.2 Å². The van der Waals surface area contributed by atoms with Gasteiger partial charge in [-0.1, -0.05) is 12.5 Å². The monoisotopic (exact) mass is 292 g/mol. The Hall–Kier alpha value is -1.26. The molecular formula is C17H28N2O2. The summed E-state index contributed by atoms with van der Waals surface area (Å²) < 4.78 is 10.7. The fraction of sp³-hybridized carbons (Fsp3) is 0.647. The maximum atomic E-state index is 5.74. The summed E-state index contributed by atoms with van der Waals surface area (Å²) in [7, 11) is 3.35. The maximum Gasteiger partial charge on any atom is 0.160 e. The van der Waals surface area contributed by atoms with E-state index in [0.717, 1.165) is 37.4 Å². The van der Waals surface area contributed by atoms with Gasteiger partial charge in [0.05, 0.1) is 14.2 Å². The van der Waals surface area contributed by atoms with Crippen molar-refractivity contribution in [2.45, 2.75) is 38.1 Å². The van der Waals surface area contributed by atoms with Crippen LogP contribution >= 0.6 is 0 Å². The Balaban J connectivity index is 1.95. The van der Waals surface area contributed by atoms with Crippen molar-refractivity contribution in [2.24, 2.45) is 5.73 Å². The van der Waals surface area contributed by atoms with Gasteiger partial charge >= 0.3 is 0 Å². The van der Waals surface area contributed by atoms with Crippen molar-refractivity contribution in [1.82, 2.24) is 4.90 Å². The van der Waals surface area contributed by atoms with E-state index in [1.807, 2.05) is 6.07 Å². The Morgan fingerprint density at radius 2 is 2.00 bits per heavy atom. The number of likely N-dealkylation sites (tertiary alicyclic amines) is 1. The fourth-order valence-corrected chi connectivity index (χ4v) is 3.18. The largest absolute Gasteiger partial charge is 0.493 e. The predicted octanol–water partition coefficient (Wildman–Crippen LogP) is 2.45. The first-order valence-corrected chi connectivity index (χ1v) is 7.93. The Kier molecular flexibility index (Phi) is 6.33. The molecule has 1 aromatic rings. The van der Waals surface area contributed by atoms with Crippen LogP contribution in [-0.2, 0) is 6.42 Å². The van der Waals surface area contributed by atoms with Crippen LogP contribution in [0.3, 0.4) is 0 Å². The Bertz CT molecular complexity index is 435. The number of nitrogens with two attached hydrogens (primary N) is 1. The minimum absolute atomic E-state index is 0.670. The molecule has 0 aliphatic carbocycles. The van der Waals surface area contributed by atoms with Crippen LogP contribution in [-0.4, -0.2) is 44.8 Å². The fourth-order valence-electron chi connectivity index (χ4n) is 3.18. The van der Waals surface area contributed by atoms with E-state index in [0.29, 0.717) is 6.04 Å². The van der Waals surface area contributed by atoms with Crippen LogP contribution in [0, 0.1) is 0 Å². The van der Waals surface area contributed by atoms with Gasteiger partial charge in [-0.3, -0.25) is 0 Å². The van der Waals surface area contributed by atoms with Crippen molar-refractivity contribution in [3.63, 3.8) is 0 Å². The van der Waals surface area contributed by atoms with E-state index in [4.69, 9.17) is 15.2 Å². The molecule has 4 heteroatoms. The molecule has 1 aliphatic heterocycles. The molecule has 0 radical (unpaired) electrons. The molecule has 118 valence electrons. The van der Waals surface area contributed by atoms with E-state index in [2.05, 4.69) is 17.0 Å². The highest BCUT2D eigenvalue weighted by molar-refractivity contribution is 5.42. The summed E-state index contributed by atoms with van der Waals surface area (Å²) >= 11 is 0. The first-order chi connectivity index (χ1) is 10.3. The predicted molar refractivity (Wildman–Crippen MR) is 86.1 cm³/mol. The summed E-state index contributed by atoms with van der Waals surface area (Å²) in [6, 6.07) is 6.87. The number of hydrogen-bond acceptors (Lipinski definition) is 4. The summed E-state index contributed by atoms with van der Waals surface area (Å²) in [6.07, 6.45) is 6.11. The van der Waals surface area contributed by atoms with Gasteiger partial charge in [-0.2, -0.15) is 0 Å². The molecule has 2 N–H and O–H groups in total. The van der Waals surface area contributed by atoms with E-state index in [1.54, 1.807) is 14.2 Å². The summed E-state index contributed by atoms with van der Waals surface area (Å²) in [5, 5.41) is 0. The Morgan fingerprint density at radius 3 is 2.71 bits per heavy atom. The molecule has 1 atom stereocenters. The standard InChI is InChI=1S/C17H28N2O2/c1-20-16-7-6-14(13-17(16)21-2)9-12-19-11-4-3-5-15(19)8-10-18/h6-7,13,15H,3-5,8-12,18H2,1-2H3. The van der Waals surface area contributed by atoms with Gasteiger partial charge in [-0.25, -0.2) is 0 Å². The second-order valence-electron chi connectivity index (χ2n) is 5.70. The van der Waals surface area contributed by atoms with Gasteiger partial charge in [0.2, 0.25) is 0 Å². The molecule has 1 saturated heterocycles. The van der Waals surface area contributed by atoms with Crippen LogP contribution in [0.1, 0.15) is 31.2 Å². The van der Waals surface area contributed by atoms with Crippen molar-refractivity contribution in [1.29, 1.82) is 0 Å². The van der Waals surface area contributed by atoms with E-state index in [-0.39, 0.29) is 0 Å². The summed E-state index contributed by atoms with van der Waals surface area (Å²) in [6.45, 7) is 3.09. The van der Waals surface area contributed by atoms with Gasteiger partial charge in [0.15, 0.2) is 11.5 Å². The van der Waals surface area contributed by atoms with E-state index in [9.17, 15) is 0 Å². The topological polar surface area (TPSA) is 47.7 Å². The van der Waals surface area contributed by atoms with Crippen LogP contribution in [0.5, 0.6) is 11.5 Å². The van der Waals surface area contributed by atoms with Crippen LogP contribution in [0.2, 0.25) is 0 Å². The molecule has 1 heterocycles. The van der Waals surface area contributed by atoms with Crippen LogP contribution in [0.25, 0.3) is 0 Å². The minimum atomic E-state index is 0.670. The number of hydrogen-bond donors (Lipinski definition) is 1. The van der Waals surface area contributed by atoms with Crippen LogP contribution < -0.4 is 15.2 Å². The number of benzene rings is 1.